The first-order chi connectivity index (χ1) is 8.61. The molecule has 1 aromatic carbocycles. The van der Waals surface area contributed by atoms with E-state index in [9.17, 15) is 9.90 Å². The van der Waals surface area contributed by atoms with E-state index in [1.165, 1.54) is 18.7 Å². The smallest absolute Gasteiger partial charge is 0.258 e. The van der Waals surface area contributed by atoms with Gasteiger partial charge in [-0.3, -0.25) is 4.79 Å². The van der Waals surface area contributed by atoms with Crippen LogP contribution in [0.4, 0.5) is 5.69 Å². The van der Waals surface area contributed by atoms with Crippen LogP contribution in [-0.2, 0) is 4.79 Å². The number of nitrogens with zero attached hydrogens (tertiary/aromatic N) is 1. The molecule has 0 aliphatic carbocycles. The first-order valence-corrected chi connectivity index (χ1v) is 6.26. The third-order valence-corrected chi connectivity index (χ3v) is 3.39. The number of aryl methyl sites for hydroxylation is 1. The van der Waals surface area contributed by atoms with E-state index < -0.39 is 5.60 Å². The summed E-state index contributed by atoms with van der Waals surface area (Å²) in [6, 6.07) is 1.91. The topological polar surface area (TPSA) is 49.8 Å². The van der Waals surface area contributed by atoms with Crippen LogP contribution in [-0.4, -0.2) is 30.8 Å². The van der Waals surface area contributed by atoms with E-state index >= 15 is 0 Å². The lowest BCUT2D eigenvalue weighted by Gasteiger charge is -2.28. The maximum absolute atomic E-state index is 12.1. The van der Waals surface area contributed by atoms with E-state index in [0.29, 0.717) is 0 Å². The van der Waals surface area contributed by atoms with Crippen molar-refractivity contribution in [1.82, 2.24) is 0 Å². The molecule has 0 fully saturated rings. The molecular formula is C15H23NO3. The molecule has 1 amide bonds. The molecule has 4 nitrogen and oxygen atoms in total. The van der Waals surface area contributed by atoms with Crippen LogP contribution in [0.1, 0.15) is 30.5 Å². The van der Waals surface area contributed by atoms with Crippen molar-refractivity contribution in [2.24, 2.45) is 0 Å². The van der Waals surface area contributed by atoms with Gasteiger partial charge in [-0.15, -0.1) is 0 Å². The molecule has 0 atom stereocenters. The Labute approximate surface area is 115 Å². The van der Waals surface area contributed by atoms with Gasteiger partial charge >= 0.3 is 0 Å². The number of methoxy groups -OCH3 is 1. The van der Waals surface area contributed by atoms with E-state index in [0.717, 1.165) is 28.1 Å². The number of hydrogen-bond donors (Lipinski definition) is 1. The van der Waals surface area contributed by atoms with Crippen LogP contribution in [0.25, 0.3) is 0 Å². The summed E-state index contributed by atoms with van der Waals surface area (Å²) in [5.74, 6) is 0.505. The fourth-order valence-electron chi connectivity index (χ4n) is 2.22. The van der Waals surface area contributed by atoms with Gasteiger partial charge in [0.1, 0.15) is 11.4 Å². The minimum atomic E-state index is -1.39. The van der Waals surface area contributed by atoms with Gasteiger partial charge in [-0.25, -0.2) is 0 Å². The average Bonchev–Trinajstić information content (AvgIpc) is 2.31. The number of anilines is 1. The molecule has 0 radical (unpaired) electrons. The van der Waals surface area contributed by atoms with Crippen LogP contribution in [0.3, 0.4) is 0 Å². The molecule has 0 heterocycles. The second-order valence-electron chi connectivity index (χ2n) is 5.42. The quantitative estimate of drug-likeness (QED) is 0.912. The Bertz CT molecular complexity index is 501. The van der Waals surface area contributed by atoms with Gasteiger partial charge in [0.05, 0.1) is 7.11 Å². The molecule has 0 spiro atoms. The Balaban J connectivity index is 3.34. The van der Waals surface area contributed by atoms with Crippen molar-refractivity contribution in [3.63, 3.8) is 0 Å². The maximum Gasteiger partial charge on any atom is 0.258 e. The number of hydrogen-bond acceptors (Lipinski definition) is 3. The summed E-state index contributed by atoms with van der Waals surface area (Å²) in [5, 5.41) is 9.83. The standard InChI is InChI=1S/C15H23NO3/c1-9-8-12(10(2)11(3)13(9)19-7)16(6)14(17)15(4,5)18/h8,18H,1-7H3. The molecule has 1 N–H and O–H groups in total. The number of carbonyl (C=O) groups is 1. The van der Waals surface area contributed by atoms with Crippen LogP contribution < -0.4 is 9.64 Å². The fourth-order valence-corrected chi connectivity index (χ4v) is 2.22. The van der Waals surface area contributed by atoms with E-state index in [2.05, 4.69) is 0 Å². The van der Waals surface area contributed by atoms with Crippen LogP contribution in [0.15, 0.2) is 6.07 Å². The number of ether oxygens (including phenoxy) is 1. The number of benzene rings is 1. The third-order valence-electron chi connectivity index (χ3n) is 3.39. The third kappa shape index (κ3) is 2.89. The number of rotatable bonds is 3. The molecule has 19 heavy (non-hydrogen) atoms. The molecule has 0 saturated heterocycles. The molecule has 1 aromatic rings. The van der Waals surface area contributed by atoms with E-state index in [1.807, 2.05) is 26.8 Å². The number of amides is 1. The Morgan fingerprint density at radius 3 is 2.21 bits per heavy atom. The van der Waals surface area contributed by atoms with Crippen LogP contribution in [0.2, 0.25) is 0 Å². The molecule has 0 aliphatic rings. The lowest BCUT2D eigenvalue weighted by Crippen LogP contribution is -2.43. The second kappa shape index (κ2) is 5.21. The van der Waals surface area contributed by atoms with E-state index in [4.69, 9.17) is 4.74 Å². The number of aliphatic hydroxyl groups is 1. The van der Waals surface area contributed by atoms with Gasteiger partial charge in [0, 0.05) is 12.7 Å². The zero-order valence-corrected chi connectivity index (χ0v) is 12.8. The SMILES string of the molecule is COc1c(C)cc(N(C)C(=O)C(C)(C)O)c(C)c1C. The maximum atomic E-state index is 12.1. The molecular weight excluding hydrogens is 242 g/mol. The minimum Gasteiger partial charge on any atom is -0.496 e. The molecule has 106 valence electrons. The van der Waals surface area contributed by atoms with Gasteiger partial charge in [0.2, 0.25) is 0 Å². The highest BCUT2D eigenvalue weighted by molar-refractivity contribution is 5.99. The summed E-state index contributed by atoms with van der Waals surface area (Å²) in [4.78, 5) is 13.6. The van der Waals surface area contributed by atoms with Gasteiger partial charge in [-0.2, -0.15) is 0 Å². The van der Waals surface area contributed by atoms with Crippen LogP contribution >= 0.6 is 0 Å². The summed E-state index contributed by atoms with van der Waals surface area (Å²) in [6.45, 7) is 8.83. The average molecular weight is 265 g/mol. The summed E-state index contributed by atoms with van der Waals surface area (Å²) < 4.78 is 5.37. The Hall–Kier alpha value is -1.55. The highest BCUT2D eigenvalue weighted by atomic mass is 16.5. The fraction of sp³-hybridized carbons (Fsp3) is 0.533. The number of likely N-dealkylation sites (N-methyl/N-ethyl adjacent to an activating group) is 1. The van der Waals surface area contributed by atoms with E-state index in [-0.39, 0.29) is 5.91 Å². The van der Waals surface area contributed by atoms with Crippen molar-refractivity contribution in [2.45, 2.75) is 40.2 Å². The molecule has 4 heteroatoms. The van der Waals surface area contributed by atoms with E-state index in [1.54, 1.807) is 14.2 Å². The van der Waals surface area contributed by atoms with Gasteiger partial charge in [0.25, 0.3) is 5.91 Å². The normalized spacial score (nSPS) is 11.4. The minimum absolute atomic E-state index is 0.334. The second-order valence-corrected chi connectivity index (χ2v) is 5.42. The molecule has 0 saturated carbocycles. The first kappa shape index (κ1) is 15.5. The van der Waals surface area contributed by atoms with Crippen LogP contribution in [0, 0.1) is 20.8 Å². The molecule has 1 rings (SSSR count). The van der Waals surface area contributed by atoms with Crippen molar-refractivity contribution in [1.29, 1.82) is 0 Å². The van der Waals surface area contributed by atoms with Crippen molar-refractivity contribution < 1.29 is 14.6 Å². The first-order valence-electron chi connectivity index (χ1n) is 6.26. The molecule has 0 unspecified atom stereocenters. The molecule has 0 aliphatic heterocycles. The van der Waals surface area contributed by atoms with Gasteiger partial charge in [0.15, 0.2) is 0 Å². The Morgan fingerprint density at radius 1 is 1.26 bits per heavy atom. The monoisotopic (exact) mass is 265 g/mol. The highest BCUT2D eigenvalue weighted by Crippen LogP contribution is 2.33. The molecule has 0 bridgehead atoms. The summed E-state index contributed by atoms with van der Waals surface area (Å²) >= 11 is 0. The number of carbonyl (C=O) groups excluding carboxylic acids is 1. The predicted molar refractivity (Wildman–Crippen MR) is 76.9 cm³/mol. The largest absolute Gasteiger partial charge is 0.496 e. The van der Waals surface area contributed by atoms with Crippen molar-refractivity contribution in [3.8, 4) is 5.75 Å². The lowest BCUT2D eigenvalue weighted by atomic mass is 10.0. The highest BCUT2D eigenvalue weighted by Gasteiger charge is 2.29. The van der Waals surface area contributed by atoms with Crippen molar-refractivity contribution >= 4 is 11.6 Å². The van der Waals surface area contributed by atoms with Crippen molar-refractivity contribution in [3.05, 3.63) is 22.8 Å². The van der Waals surface area contributed by atoms with Gasteiger partial charge < -0.3 is 14.7 Å². The summed E-state index contributed by atoms with van der Waals surface area (Å²) in [6.07, 6.45) is 0. The summed E-state index contributed by atoms with van der Waals surface area (Å²) in [5.41, 5.74) is 2.36. The Morgan fingerprint density at radius 2 is 1.79 bits per heavy atom. The van der Waals surface area contributed by atoms with Crippen LogP contribution in [0.5, 0.6) is 5.75 Å². The predicted octanol–water partition coefficient (Wildman–Crippen LogP) is 2.35. The zero-order chi connectivity index (χ0) is 15.0. The summed E-state index contributed by atoms with van der Waals surface area (Å²) in [7, 11) is 3.31. The van der Waals surface area contributed by atoms with Gasteiger partial charge in [-0.1, -0.05) is 0 Å². The van der Waals surface area contributed by atoms with Crippen molar-refractivity contribution in [2.75, 3.05) is 19.1 Å². The lowest BCUT2D eigenvalue weighted by molar-refractivity contribution is -0.133. The Kier molecular flexibility index (Phi) is 4.25. The zero-order valence-electron chi connectivity index (χ0n) is 12.8. The molecule has 0 aromatic heterocycles. The van der Waals surface area contributed by atoms with Gasteiger partial charge in [-0.05, 0) is 57.4 Å².